The molecule has 1 rings (SSSR count). The van der Waals surface area contributed by atoms with Crippen molar-refractivity contribution in [3.8, 4) is 0 Å². The molecule has 1 N–H and O–H groups in total. The third-order valence-corrected chi connectivity index (χ3v) is 6.47. The molecular weight excluding hydrogens is 330 g/mol. The van der Waals surface area contributed by atoms with Gasteiger partial charge in [0, 0.05) is 0 Å². The Hall–Kier alpha value is 0.230. The van der Waals surface area contributed by atoms with Crippen LogP contribution in [0, 0.1) is 17.8 Å². The Morgan fingerprint density at radius 1 is 1.20 bits per heavy atom. The van der Waals surface area contributed by atoms with Crippen LogP contribution >= 0.6 is 11.8 Å². The van der Waals surface area contributed by atoms with Crippen LogP contribution in [-0.2, 0) is 9.47 Å². The predicted octanol–water partition coefficient (Wildman–Crippen LogP) is 4.99. The van der Waals surface area contributed by atoms with Crippen molar-refractivity contribution in [2.24, 2.45) is 17.8 Å². The van der Waals surface area contributed by atoms with E-state index in [0.717, 1.165) is 38.0 Å². The van der Waals surface area contributed by atoms with Gasteiger partial charge in [-0.15, -0.1) is 0 Å². The van der Waals surface area contributed by atoms with Gasteiger partial charge in [-0.2, -0.15) is 11.8 Å². The van der Waals surface area contributed by atoms with E-state index < -0.39 is 0 Å². The number of nitrogens with one attached hydrogen (secondary N) is 1. The monoisotopic (exact) mass is 373 g/mol. The summed E-state index contributed by atoms with van der Waals surface area (Å²) in [5, 5.41) is 3.64. The number of ether oxygens (including phenoxy) is 2. The van der Waals surface area contributed by atoms with Crippen LogP contribution in [-0.4, -0.2) is 50.0 Å². The maximum atomic E-state index is 6.03. The summed E-state index contributed by atoms with van der Waals surface area (Å²) in [7, 11) is 0. The van der Waals surface area contributed by atoms with Crippen LogP contribution in [0.4, 0.5) is 0 Å². The molecule has 3 nitrogen and oxygen atoms in total. The molecule has 150 valence electrons. The lowest BCUT2D eigenvalue weighted by molar-refractivity contribution is -0.179. The maximum absolute atomic E-state index is 6.03. The maximum Gasteiger partial charge on any atom is 0.0860 e. The minimum atomic E-state index is -0.112. The van der Waals surface area contributed by atoms with Crippen LogP contribution in [0.1, 0.15) is 66.7 Å². The highest BCUT2D eigenvalue weighted by Gasteiger charge is 2.31. The Morgan fingerprint density at radius 2 is 1.96 bits per heavy atom. The lowest BCUT2D eigenvalue weighted by Gasteiger charge is -2.37. The molecule has 1 aliphatic rings. The molecular formula is C21H43NO2S. The van der Waals surface area contributed by atoms with Crippen LogP contribution in [0.2, 0.25) is 0 Å². The first-order chi connectivity index (χ1) is 11.9. The standard InChI is InChI=1S/C21H43NO2S/c1-7-19(10-12-22-11-8-9-13-25-6)18(3)17(2)14-20-15-24-21(4,5)16-23-20/h17-20,22H,7-16H2,1-6H3. The zero-order valence-corrected chi connectivity index (χ0v) is 18.4. The molecule has 4 unspecified atom stereocenters. The molecule has 0 spiro atoms. The molecule has 1 fully saturated rings. The highest BCUT2D eigenvalue weighted by atomic mass is 32.2. The Morgan fingerprint density at radius 3 is 2.56 bits per heavy atom. The van der Waals surface area contributed by atoms with Gasteiger partial charge in [0.15, 0.2) is 0 Å². The molecule has 0 aromatic carbocycles. The molecule has 4 heteroatoms. The molecule has 1 heterocycles. The van der Waals surface area contributed by atoms with E-state index >= 15 is 0 Å². The summed E-state index contributed by atoms with van der Waals surface area (Å²) in [6.45, 7) is 15.2. The van der Waals surface area contributed by atoms with E-state index in [9.17, 15) is 0 Å². The fourth-order valence-corrected chi connectivity index (χ4v) is 4.20. The predicted molar refractivity (Wildman–Crippen MR) is 112 cm³/mol. The van der Waals surface area contributed by atoms with E-state index in [1.807, 2.05) is 11.8 Å². The van der Waals surface area contributed by atoms with Gasteiger partial charge in [-0.25, -0.2) is 0 Å². The number of thioether (sulfide) groups is 1. The first kappa shape index (κ1) is 23.3. The smallest absolute Gasteiger partial charge is 0.0860 e. The molecule has 0 radical (unpaired) electrons. The van der Waals surface area contributed by atoms with Gasteiger partial charge >= 0.3 is 0 Å². The van der Waals surface area contributed by atoms with Crippen molar-refractivity contribution in [3.63, 3.8) is 0 Å². The SMILES string of the molecule is CCC(CCNCCCCSC)C(C)C(C)CC1COC(C)(C)CO1. The first-order valence-electron chi connectivity index (χ1n) is 10.3. The van der Waals surface area contributed by atoms with Crippen LogP contribution in [0.15, 0.2) is 0 Å². The van der Waals surface area contributed by atoms with E-state index in [1.165, 1.54) is 38.0 Å². The molecule has 1 saturated heterocycles. The average Bonchev–Trinajstić information content (AvgIpc) is 2.58. The van der Waals surface area contributed by atoms with Crippen molar-refractivity contribution in [2.75, 3.05) is 38.3 Å². The summed E-state index contributed by atoms with van der Waals surface area (Å²) in [6, 6.07) is 0. The quantitative estimate of drug-likeness (QED) is 0.461. The summed E-state index contributed by atoms with van der Waals surface area (Å²) in [5.41, 5.74) is -0.112. The van der Waals surface area contributed by atoms with Crippen LogP contribution in [0.5, 0.6) is 0 Å². The van der Waals surface area contributed by atoms with Gasteiger partial charge in [0.05, 0.1) is 24.9 Å². The zero-order chi connectivity index (χ0) is 18.7. The van der Waals surface area contributed by atoms with Crippen molar-refractivity contribution in [1.82, 2.24) is 5.32 Å². The largest absolute Gasteiger partial charge is 0.373 e. The zero-order valence-electron chi connectivity index (χ0n) is 17.6. The topological polar surface area (TPSA) is 30.5 Å². The molecule has 1 aliphatic heterocycles. The molecule has 0 aromatic heterocycles. The second-order valence-corrected chi connectivity index (χ2v) is 9.47. The summed E-state index contributed by atoms with van der Waals surface area (Å²) in [6.07, 6.45) is 8.78. The van der Waals surface area contributed by atoms with Crippen LogP contribution in [0.25, 0.3) is 0 Å². The highest BCUT2D eigenvalue weighted by Crippen LogP contribution is 2.31. The Balaban J connectivity index is 2.23. The summed E-state index contributed by atoms with van der Waals surface area (Å²) in [5.74, 6) is 3.51. The number of rotatable bonds is 13. The summed E-state index contributed by atoms with van der Waals surface area (Å²) < 4.78 is 12.0. The summed E-state index contributed by atoms with van der Waals surface area (Å²) in [4.78, 5) is 0. The minimum absolute atomic E-state index is 0.112. The third kappa shape index (κ3) is 9.65. The first-order valence-corrected chi connectivity index (χ1v) is 11.7. The molecule has 0 bridgehead atoms. The number of hydrogen-bond acceptors (Lipinski definition) is 4. The van der Waals surface area contributed by atoms with Gasteiger partial charge in [-0.05, 0) is 82.4 Å². The van der Waals surface area contributed by atoms with Crippen molar-refractivity contribution in [3.05, 3.63) is 0 Å². The molecule has 0 saturated carbocycles. The van der Waals surface area contributed by atoms with E-state index in [1.54, 1.807) is 0 Å². The van der Waals surface area contributed by atoms with Gasteiger partial charge < -0.3 is 14.8 Å². The number of hydrogen-bond donors (Lipinski definition) is 1. The third-order valence-electron chi connectivity index (χ3n) is 5.77. The number of unbranched alkanes of at least 4 members (excludes halogenated alkanes) is 1. The fourth-order valence-electron chi connectivity index (χ4n) is 3.70. The Bertz CT molecular complexity index is 328. The Kier molecular flexibility index (Phi) is 11.7. The van der Waals surface area contributed by atoms with Gasteiger partial charge in [-0.3, -0.25) is 0 Å². The molecule has 0 aromatic rings. The lowest BCUT2D eigenvalue weighted by atomic mass is 9.78. The van der Waals surface area contributed by atoms with E-state index in [-0.39, 0.29) is 11.7 Å². The van der Waals surface area contributed by atoms with Gasteiger partial charge in [0.25, 0.3) is 0 Å². The fraction of sp³-hybridized carbons (Fsp3) is 1.00. The second-order valence-electron chi connectivity index (χ2n) is 8.48. The lowest BCUT2D eigenvalue weighted by Crippen LogP contribution is -2.43. The van der Waals surface area contributed by atoms with E-state index in [0.29, 0.717) is 5.92 Å². The van der Waals surface area contributed by atoms with Crippen molar-refractivity contribution >= 4 is 11.8 Å². The highest BCUT2D eigenvalue weighted by molar-refractivity contribution is 7.98. The van der Waals surface area contributed by atoms with E-state index in [2.05, 4.69) is 46.2 Å². The van der Waals surface area contributed by atoms with Gasteiger partial charge in [-0.1, -0.05) is 27.2 Å². The second kappa shape index (κ2) is 12.6. The van der Waals surface area contributed by atoms with Crippen molar-refractivity contribution in [1.29, 1.82) is 0 Å². The molecule has 0 aliphatic carbocycles. The average molecular weight is 374 g/mol. The van der Waals surface area contributed by atoms with Crippen molar-refractivity contribution < 1.29 is 9.47 Å². The molecule has 4 atom stereocenters. The summed E-state index contributed by atoms with van der Waals surface area (Å²) >= 11 is 1.95. The van der Waals surface area contributed by atoms with Crippen LogP contribution in [0.3, 0.4) is 0 Å². The normalized spacial score (nSPS) is 24.0. The minimum Gasteiger partial charge on any atom is -0.373 e. The molecule has 0 amide bonds. The Labute approximate surface area is 161 Å². The van der Waals surface area contributed by atoms with Crippen molar-refractivity contribution in [2.45, 2.75) is 78.4 Å². The van der Waals surface area contributed by atoms with E-state index in [4.69, 9.17) is 9.47 Å². The van der Waals surface area contributed by atoms with Gasteiger partial charge in [0.2, 0.25) is 0 Å². The van der Waals surface area contributed by atoms with Crippen LogP contribution < -0.4 is 5.32 Å². The molecule has 25 heavy (non-hydrogen) atoms. The van der Waals surface area contributed by atoms with Gasteiger partial charge in [0.1, 0.15) is 0 Å².